The number of nitrogens with one attached hydrogen (secondary N) is 3. The zero-order chi connectivity index (χ0) is 18.5. The number of halogens is 1. The Morgan fingerprint density at radius 2 is 2.19 bits per heavy atom. The van der Waals surface area contributed by atoms with Gasteiger partial charge in [-0.05, 0) is 50.8 Å². The van der Waals surface area contributed by atoms with Crippen LogP contribution in [0.25, 0.3) is 0 Å². The Labute approximate surface area is 153 Å². The number of aryl methyl sites for hydroxylation is 1. The van der Waals surface area contributed by atoms with Gasteiger partial charge in [-0.15, -0.1) is 0 Å². The molecule has 0 radical (unpaired) electrons. The summed E-state index contributed by atoms with van der Waals surface area (Å²) in [4.78, 5) is 16.6. The van der Waals surface area contributed by atoms with Crippen LogP contribution >= 0.6 is 0 Å². The summed E-state index contributed by atoms with van der Waals surface area (Å²) in [7, 11) is 0. The second-order valence-corrected chi connectivity index (χ2v) is 6.84. The number of rotatable bonds is 6. The molecule has 0 saturated carbocycles. The molecule has 6 nitrogen and oxygen atoms in total. The number of hydrogen-bond acceptors (Lipinski definition) is 3. The van der Waals surface area contributed by atoms with E-state index in [4.69, 9.17) is 4.74 Å². The van der Waals surface area contributed by atoms with Gasteiger partial charge in [0.1, 0.15) is 5.82 Å². The molecule has 2 aliphatic heterocycles. The van der Waals surface area contributed by atoms with E-state index in [1.165, 1.54) is 6.07 Å². The molecule has 0 spiro atoms. The minimum absolute atomic E-state index is 0.278. The SMILES string of the molecule is CCNC(=NCCNC(=O)c1ccc(C)c(F)c1)NC1CC2CCC1O2. The van der Waals surface area contributed by atoms with Gasteiger partial charge in [0, 0.05) is 18.7 Å². The first kappa shape index (κ1) is 18.6. The Hall–Kier alpha value is -2.15. The first-order valence-corrected chi connectivity index (χ1v) is 9.31. The largest absolute Gasteiger partial charge is 0.373 e. The van der Waals surface area contributed by atoms with E-state index in [-0.39, 0.29) is 17.8 Å². The summed E-state index contributed by atoms with van der Waals surface area (Å²) in [6.45, 7) is 5.28. The van der Waals surface area contributed by atoms with Crippen LogP contribution in [0.1, 0.15) is 42.1 Å². The highest BCUT2D eigenvalue weighted by atomic mass is 19.1. The van der Waals surface area contributed by atoms with E-state index in [1.54, 1.807) is 19.1 Å². The first-order chi connectivity index (χ1) is 12.6. The fraction of sp³-hybridized carbons (Fsp3) is 0.579. The monoisotopic (exact) mass is 362 g/mol. The predicted octanol–water partition coefficient (Wildman–Crippen LogP) is 1.74. The van der Waals surface area contributed by atoms with Gasteiger partial charge in [-0.1, -0.05) is 6.07 Å². The van der Waals surface area contributed by atoms with Gasteiger partial charge in [0.15, 0.2) is 5.96 Å². The van der Waals surface area contributed by atoms with Crippen molar-refractivity contribution in [1.82, 2.24) is 16.0 Å². The van der Waals surface area contributed by atoms with E-state index in [1.807, 2.05) is 6.92 Å². The molecule has 2 bridgehead atoms. The van der Waals surface area contributed by atoms with Crippen molar-refractivity contribution in [3.63, 3.8) is 0 Å². The molecular formula is C19H27FN4O2. The summed E-state index contributed by atoms with van der Waals surface area (Å²) in [6.07, 6.45) is 3.94. The highest BCUT2D eigenvalue weighted by Crippen LogP contribution is 2.34. The van der Waals surface area contributed by atoms with Crippen molar-refractivity contribution < 1.29 is 13.9 Å². The van der Waals surface area contributed by atoms with E-state index in [2.05, 4.69) is 20.9 Å². The van der Waals surface area contributed by atoms with Gasteiger partial charge in [0.25, 0.3) is 5.91 Å². The Balaban J connectivity index is 1.47. The van der Waals surface area contributed by atoms with Gasteiger partial charge in [0.2, 0.25) is 0 Å². The summed E-state index contributed by atoms with van der Waals surface area (Å²) in [5, 5.41) is 9.43. The maximum absolute atomic E-state index is 13.5. The zero-order valence-corrected chi connectivity index (χ0v) is 15.3. The molecule has 1 amide bonds. The number of benzene rings is 1. The maximum atomic E-state index is 13.5. The quantitative estimate of drug-likeness (QED) is 0.409. The van der Waals surface area contributed by atoms with Gasteiger partial charge >= 0.3 is 0 Å². The molecule has 2 heterocycles. The lowest BCUT2D eigenvalue weighted by Gasteiger charge is -2.22. The van der Waals surface area contributed by atoms with E-state index in [0.29, 0.717) is 36.4 Å². The summed E-state index contributed by atoms with van der Waals surface area (Å²) in [5.74, 6) is 0.0743. The van der Waals surface area contributed by atoms with Crippen molar-refractivity contribution in [2.24, 2.45) is 4.99 Å². The minimum atomic E-state index is -0.373. The van der Waals surface area contributed by atoms with E-state index < -0.39 is 0 Å². The van der Waals surface area contributed by atoms with Crippen LogP contribution in [0, 0.1) is 12.7 Å². The lowest BCUT2D eigenvalue weighted by molar-refractivity contribution is 0.0954. The molecule has 0 aliphatic carbocycles. The van der Waals surface area contributed by atoms with Crippen molar-refractivity contribution >= 4 is 11.9 Å². The van der Waals surface area contributed by atoms with Crippen LogP contribution in [0.15, 0.2) is 23.2 Å². The molecule has 2 aliphatic rings. The normalized spacial score (nSPS) is 24.6. The number of hydrogen-bond donors (Lipinski definition) is 3. The summed E-state index contributed by atoms with van der Waals surface area (Å²) in [6, 6.07) is 4.79. The summed E-state index contributed by atoms with van der Waals surface area (Å²) < 4.78 is 19.4. The van der Waals surface area contributed by atoms with Crippen molar-refractivity contribution in [1.29, 1.82) is 0 Å². The molecule has 1 aromatic rings. The Morgan fingerprint density at radius 3 is 2.85 bits per heavy atom. The molecule has 3 N–H and O–H groups in total. The third-order valence-corrected chi connectivity index (χ3v) is 4.87. The molecule has 2 fully saturated rings. The number of nitrogens with zero attached hydrogens (tertiary/aromatic N) is 1. The Bertz CT molecular complexity index is 680. The highest BCUT2D eigenvalue weighted by Gasteiger charge is 2.41. The smallest absolute Gasteiger partial charge is 0.251 e. The summed E-state index contributed by atoms with van der Waals surface area (Å²) in [5.41, 5.74) is 0.846. The van der Waals surface area contributed by atoms with Crippen molar-refractivity contribution in [3.8, 4) is 0 Å². The Kier molecular flexibility index (Phi) is 6.08. The molecule has 3 atom stereocenters. The van der Waals surface area contributed by atoms with Crippen molar-refractivity contribution in [2.45, 2.75) is 51.4 Å². The van der Waals surface area contributed by atoms with Crippen LogP contribution in [0.3, 0.4) is 0 Å². The number of aliphatic imine (C=N–C) groups is 1. The van der Waals surface area contributed by atoms with Gasteiger partial charge < -0.3 is 20.7 Å². The van der Waals surface area contributed by atoms with Crippen molar-refractivity contribution in [3.05, 3.63) is 35.1 Å². The summed E-state index contributed by atoms with van der Waals surface area (Å²) >= 11 is 0. The zero-order valence-electron chi connectivity index (χ0n) is 15.3. The fourth-order valence-electron chi connectivity index (χ4n) is 3.46. The molecule has 142 valence electrons. The van der Waals surface area contributed by atoms with Crippen LogP contribution < -0.4 is 16.0 Å². The fourth-order valence-corrected chi connectivity index (χ4v) is 3.46. The molecule has 3 unspecified atom stereocenters. The molecule has 2 saturated heterocycles. The molecule has 0 aromatic heterocycles. The molecule has 3 rings (SSSR count). The molecule has 1 aromatic carbocycles. The first-order valence-electron chi connectivity index (χ1n) is 9.31. The number of carbonyl (C=O) groups is 1. The number of guanidine groups is 1. The Morgan fingerprint density at radius 1 is 1.35 bits per heavy atom. The van der Waals surface area contributed by atoms with E-state index in [0.717, 1.165) is 31.8 Å². The topological polar surface area (TPSA) is 74.8 Å². The standard InChI is InChI=1S/C19H27FN4O2/c1-3-21-19(24-16-11-14-6-7-17(16)26-14)23-9-8-22-18(25)13-5-4-12(2)15(20)10-13/h4-5,10,14,16-17H,3,6-9,11H2,1-2H3,(H,22,25)(H2,21,23,24). The minimum Gasteiger partial charge on any atom is -0.373 e. The van der Waals surface area contributed by atoms with Gasteiger partial charge in [-0.2, -0.15) is 0 Å². The second kappa shape index (κ2) is 8.49. The van der Waals surface area contributed by atoms with Crippen molar-refractivity contribution in [2.75, 3.05) is 19.6 Å². The van der Waals surface area contributed by atoms with E-state index in [9.17, 15) is 9.18 Å². The van der Waals surface area contributed by atoms with Crippen LogP contribution in [-0.4, -0.2) is 49.8 Å². The second-order valence-electron chi connectivity index (χ2n) is 6.84. The number of amides is 1. The molecular weight excluding hydrogens is 335 g/mol. The van der Waals surface area contributed by atoms with Crippen LogP contribution in [0.2, 0.25) is 0 Å². The third-order valence-electron chi connectivity index (χ3n) is 4.87. The van der Waals surface area contributed by atoms with Gasteiger partial charge in [0.05, 0.1) is 24.8 Å². The molecule has 26 heavy (non-hydrogen) atoms. The third kappa shape index (κ3) is 4.52. The average Bonchev–Trinajstić information content (AvgIpc) is 3.24. The van der Waals surface area contributed by atoms with Crippen LogP contribution in [-0.2, 0) is 4.74 Å². The van der Waals surface area contributed by atoms with E-state index >= 15 is 0 Å². The van der Waals surface area contributed by atoms with Gasteiger partial charge in [-0.25, -0.2) is 4.39 Å². The molecule has 7 heteroatoms. The van der Waals surface area contributed by atoms with Crippen LogP contribution in [0.5, 0.6) is 0 Å². The number of carbonyl (C=O) groups excluding carboxylic acids is 1. The van der Waals surface area contributed by atoms with Crippen LogP contribution in [0.4, 0.5) is 4.39 Å². The number of ether oxygens (including phenoxy) is 1. The number of fused-ring (bicyclic) bond motifs is 2. The van der Waals surface area contributed by atoms with Gasteiger partial charge in [-0.3, -0.25) is 9.79 Å². The lowest BCUT2D eigenvalue weighted by atomic mass is 9.96. The highest BCUT2D eigenvalue weighted by molar-refractivity contribution is 5.94. The average molecular weight is 362 g/mol. The predicted molar refractivity (Wildman–Crippen MR) is 98.9 cm³/mol. The lowest BCUT2D eigenvalue weighted by Crippen LogP contribution is -2.47. The maximum Gasteiger partial charge on any atom is 0.251 e.